The number of H-pyrrole nitrogens is 1. The highest BCUT2D eigenvalue weighted by Gasteiger charge is 2.22. The third-order valence-electron chi connectivity index (χ3n) is 6.36. The van der Waals surface area contributed by atoms with E-state index in [-0.39, 0.29) is 5.91 Å². The minimum Gasteiger partial charge on any atom is -0.361 e. The highest BCUT2D eigenvalue weighted by atomic mass is 16.5. The Morgan fingerprint density at radius 1 is 1.14 bits per heavy atom. The number of anilines is 1. The highest BCUT2D eigenvalue weighted by Crippen LogP contribution is 2.29. The minimum absolute atomic E-state index is 0.202. The van der Waals surface area contributed by atoms with E-state index in [0.717, 1.165) is 41.1 Å². The highest BCUT2D eigenvalue weighted by molar-refractivity contribution is 5.85. The van der Waals surface area contributed by atoms with Gasteiger partial charge in [-0.3, -0.25) is 4.79 Å². The van der Waals surface area contributed by atoms with Crippen molar-refractivity contribution < 1.29 is 9.32 Å². The first-order chi connectivity index (χ1) is 17.1. The Hall–Kier alpha value is -4.28. The van der Waals surface area contributed by atoms with Gasteiger partial charge in [-0.1, -0.05) is 17.3 Å². The number of aromatic amines is 1. The lowest BCUT2D eigenvalue weighted by molar-refractivity contribution is -0.127. The van der Waals surface area contributed by atoms with Crippen LogP contribution in [0.1, 0.15) is 30.1 Å². The molecule has 5 heterocycles. The van der Waals surface area contributed by atoms with E-state index in [4.69, 9.17) is 14.5 Å². The number of benzene rings is 1. The third-order valence-corrected chi connectivity index (χ3v) is 6.36. The number of aromatic nitrogens is 7. The number of fused-ring (bicyclic) bond motifs is 2. The van der Waals surface area contributed by atoms with Crippen LogP contribution in [0.15, 0.2) is 35.1 Å². The molecule has 0 unspecified atom stereocenters. The van der Waals surface area contributed by atoms with Gasteiger partial charge in [0.15, 0.2) is 17.3 Å². The molecule has 11 nitrogen and oxygen atoms in total. The summed E-state index contributed by atoms with van der Waals surface area (Å²) in [7, 11) is 0. The summed E-state index contributed by atoms with van der Waals surface area (Å²) >= 11 is 0. The Kier molecular flexibility index (Phi) is 5.16. The molecule has 0 radical (unpaired) electrons. The maximum atomic E-state index is 12.1. The molecule has 5 aromatic rings. The van der Waals surface area contributed by atoms with Crippen LogP contribution in [0.4, 0.5) is 5.82 Å². The first-order valence-corrected chi connectivity index (χ1v) is 11.7. The van der Waals surface area contributed by atoms with Crippen molar-refractivity contribution in [2.75, 3.05) is 18.4 Å². The molecule has 1 amide bonds. The van der Waals surface area contributed by atoms with Crippen LogP contribution in [0.25, 0.3) is 33.6 Å². The molecule has 1 aliphatic heterocycles. The number of imidazole rings is 2. The zero-order chi connectivity index (χ0) is 23.9. The van der Waals surface area contributed by atoms with Gasteiger partial charge < -0.3 is 24.3 Å². The number of aryl methyl sites for hydroxylation is 2. The van der Waals surface area contributed by atoms with Gasteiger partial charge in [0.25, 0.3) is 0 Å². The fraction of sp³-hybridized carbons (Fsp3) is 0.333. The van der Waals surface area contributed by atoms with Crippen molar-refractivity contribution in [3.63, 3.8) is 0 Å². The number of carbonyl (C=O) groups excluding carboxylic acids is 1. The summed E-state index contributed by atoms with van der Waals surface area (Å²) in [6, 6.07) is 7.91. The lowest BCUT2D eigenvalue weighted by Crippen LogP contribution is -2.28. The Morgan fingerprint density at radius 3 is 2.80 bits per heavy atom. The number of hydrogen-bond donors (Lipinski definition) is 2. The molecule has 35 heavy (non-hydrogen) atoms. The second-order valence-corrected chi connectivity index (χ2v) is 8.74. The second-order valence-electron chi connectivity index (χ2n) is 8.74. The number of para-hydroxylation sites is 2. The Balaban J connectivity index is 1.36. The Labute approximate surface area is 200 Å². The molecule has 0 bridgehead atoms. The molecular weight excluding hydrogens is 446 g/mol. The van der Waals surface area contributed by atoms with Crippen molar-refractivity contribution in [2.24, 2.45) is 0 Å². The Bertz CT molecular complexity index is 1490. The second kappa shape index (κ2) is 8.49. The van der Waals surface area contributed by atoms with E-state index in [9.17, 15) is 4.79 Å². The maximum absolute atomic E-state index is 12.1. The molecule has 1 aromatic carbocycles. The average Bonchev–Trinajstić information content (AvgIpc) is 3.63. The van der Waals surface area contributed by atoms with E-state index in [1.165, 1.54) is 0 Å². The first kappa shape index (κ1) is 21.3. The van der Waals surface area contributed by atoms with Gasteiger partial charge in [-0.05, 0) is 32.4 Å². The predicted octanol–water partition coefficient (Wildman–Crippen LogP) is 3.21. The van der Waals surface area contributed by atoms with E-state index in [1.807, 2.05) is 47.6 Å². The number of hydrogen-bond acceptors (Lipinski definition) is 8. The van der Waals surface area contributed by atoms with Gasteiger partial charge in [0.05, 0.1) is 35.2 Å². The summed E-state index contributed by atoms with van der Waals surface area (Å²) in [6.07, 6.45) is 3.29. The summed E-state index contributed by atoms with van der Waals surface area (Å²) in [6.45, 7) is 6.18. The van der Waals surface area contributed by atoms with Crippen molar-refractivity contribution in [2.45, 2.75) is 39.8 Å². The van der Waals surface area contributed by atoms with E-state index < -0.39 is 0 Å². The molecule has 4 aromatic heterocycles. The minimum atomic E-state index is 0.202. The molecule has 6 rings (SSSR count). The lowest BCUT2D eigenvalue weighted by atomic mass is 10.2. The van der Waals surface area contributed by atoms with Crippen LogP contribution in [0.2, 0.25) is 0 Å². The molecular formula is C24H25N9O2. The number of nitrogens with zero attached hydrogens (tertiary/aromatic N) is 7. The smallest absolute Gasteiger partial charge is 0.222 e. The van der Waals surface area contributed by atoms with Gasteiger partial charge in [0.1, 0.15) is 17.1 Å². The predicted molar refractivity (Wildman–Crippen MR) is 130 cm³/mol. The summed E-state index contributed by atoms with van der Waals surface area (Å²) in [4.78, 5) is 36.2. The van der Waals surface area contributed by atoms with Crippen molar-refractivity contribution >= 4 is 33.9 Å². The van der Waals surface area contributed by atoms with Crippen molar-refractivity contribution in [3.05, 3.63) is 47.9 Å². The summed E-state index contributed by atoms with van der Waals surface area (Å²) in [5, 5.41) is 7.46. The van der Waals surface area contributed by atoms with Gasteiger partial charge >= 0.3 is 0 Å². The van der Waals surface area contributed by atoms with Gasteiger partial charge in [0, 0.05) is 26.1 Å². The third kappa shape index (κ3) is 3.88. The van der Waals surface area contributed by atoms with Crippen LogP contribution in [0, 0.1) is 13.8 Å². The molecule has 0 atom stereocenters. The maximum Gasteiger partial charge on any atom is 0.222 e. The fourth-order valence-electron chi connectivity index (χ4n) is 4.57. The summed E-state index contributed by atoms with van der Waals surface area (Å²) < 4.78 is 7.34. The van der Waals surface area contributed by atoms with Gasteiger partial charge in [-0.25, -0.2) is 19.9 Å². The largest absolute Gasteiger partial charge is 0.361 e. The molecule has 11 heteroatoms. The van der Waals surface area contributed by atoms with Crippen molar-refractivity contribution in [1.29, 1.82) is 0 Å². The van der Waals surface area contributed by atoms with Crippen LogP contribution < -0.4 is 5.32 Å². The van der Waals surface area contributed by atoms with Gasteiger partial charge in [-0.2, -0.15) is 0 Å². The zero-order valence-electron chi connectivity index (χ0n) is 19.6. The van der Waals surface area contributed by atoms with Crippen molar-refractivity contribution in [3.8, 4) is 11.4 Å². The molecule has 178 valence electrons. The average molecular weight is 472 g/mol. The molecule has 2 N–H and O–H groups in total. The Morgan fingerprint density at radius 2 is 2.03 bits per heavy atom. The van der Waals surface area contributed by atoms with E-state index >= 15 is 0 Å². The topological polar surface area (TPSA) is 131 Å². The fourth-order valence-corrected chi connectivity index (χ4v) is 4.57. The van der Waals surface area contributed by atoms with Crippen LogP contribution in [0.3, 0.4) is 0 Å². The molecule has 1 fully saturated rings. The van der Waals surface area contributed by atoms with E-state index in [0.29, 0.717) is 54.6 Å². The lowest BCUT2D eigenvalue weighted by Gasteiger charge is -2.16. The zero-order valence-corrected chi connectivity index (χ0v) is 19.6. The van der Waals surface area contributed by atoms with Crippen LogP contribution in [-0.4, -0.2) is 58.5 Å². The molecule has 1 saturated heterocycles. The number of carbonyl (C=O) groups is 1. The monoisotopic (exact) mass is 471 g/mol. The summed E-state index contributed by atoms with van der Waals surface area (Å²) in [5.41, 5.74) is 4.72. The number of likely N-dealkylation sites (tertiary alicyclic amines) is 1. The number of nitrogens with one attached hydrogen (secondary N) is 2. The first-order valence-electron chi connectivity index (χ1n) is 11.7. The number of amides is 1. The SMILES string of the molecule is Cc1noc(C)c1-c1nc(NCc2nc3ccccc3[nH]2)c2ncn(CCN3CCCC3=O)c2n1. The molecule has 1 aliphatic rings. The van der Waals surface area contributed by atoms with Crippen LogP contribution >= 0.6 is 0 Å². The standard InChI is InChI=1S/C24H25N9O2/c1-14-20(15(2)35-31-14)22-29-23(25-12-18-27-16-6-3-4-7-17(16)28-18)21-24(30-22)33(13-26-21)11-10-32-9-5-8-19(32)34/h3-4,6-7,13H,5,8-12H2,1-2H3,(H,27,28)(H,25,29,30). The molecule has 0 aliphatic carbocycles. The number of rotatable bonds is 7. The summed E-state index contributed by atoms with van der Waals surface area (Å²) in [5.74, 6) is 2.76. The van der Waals surface area contributed by atoms with Crippen LogP contribution in [0.5, 0.6) is 0 Å². The van der Waals surface area contributed by atoms with Gasteiger partial charge in [-0.15, -0.1) is 0 Å². The van der Waals surface area contributed by atoms with Gasteiger partial charge in [0.2, 0.25) is 5.91 Å². The van der Waals surface area contributed by atoms with E-state index in [2.05, 4.69) is 25.4 Å². The molecule has 0 saturated carbocycles. The van der Waals surface area contributed by atoms with Crippen LogP contribution in [-0.2, 0) is 17.9 Å². The van der Waals surface area contributed by atoms with E-state index in [1.54, 1.807) is 6.33 Å². The quantitative estimate of drug-likeness (QED) is 0.370. The molecule has 0 spiro atoms. The van der Waals surface area contributed by atoms with Crippen molar-refractivity contribution in [1.82, 2.24) is 39.5 Å². The normalized spacial score (nSPS) is 14.0.